The van der Waals surface area contributed by atoms with Crippen molar-refractivity contribution in [3.8, 4) is 23.2 Å². The first-order chi connectivity index (χ1) is 13.6. The molecule has 1 aromatic carbocycles. The summed E-state index contributed by atoms with van der Waals surface area (Å²) in [5.74, 6) is 1.47. The molecule has 0 bridgehead atoms. The third-order valence-electron chi connectivity index (χ3n) is 4.94. The number of primary amides is 1. The number of benzene rings is 1. The molecule has 144 valence electrons. The Bertz CT molecular complexity index is 977. The van der Waals surface area contributed by atoms with Gasteiger partial charge in [-0.15, -0.1) is 0 Å². The summed E-state index contributed by atoms with van der Waals surface area (Å²) in [4.78, 5) is 29.7. The third kappa shape index (κ3) is 3.24. The molecule has 2 aliphatic rings. The Hall–Kier alpha value is -3.54. The topological polar surface area (TPSA) is 126 Å². The highest BCUT2D eigenvalue weighted by Gasteiger charge is 2.34. The molecule has 9 heteroatoms. The van der Waals surface area contributed by atoms with Gasteiger partial charge in [0.05, 0.1) is 37.2 Å². The average molecular weight is 380 g/mol. The van der Waals surface area contributed by atoms with Gasteiger partial charge >= 0.3 is 0 Å². The number of fused-ring (bicyclic) bond motifs is 3. The summed E-state index contributed by atoms with van der Waals surface area (Å²) >= 11 is 0. The van der Waals surface area contributed by atoms with Gasteiger partial charge in [-0.3, -0.25) is 14.5 Å². The third-order valence-corrected chi connectivity index (χ3v) is 4.94. The molecule has 1 unspecified atom stereocenters. The molecule has 1 atom stereocenters. The number of aromatic nitrogens is 2. The van der Waals surface area contributed by atoms with Crippen LogP contribution in [-0.4, -0.2) is 40.6 Å². The second-order valence-electron chi connectivity index (χ2n) is 6.81. The van der Waals surface area contributed by atoms with Crippen molar-refractivity contribution in [1.29, 1.82) is 5.26 Å². The smallest absolute Gasteiger partial charge is 0.236 e. The van der Waals surface area contributed by atoms with E-state index in [1.54, 1.807) is 4.90 Å². The maximum absolute atomic E-state index is 12.4. The highest BCUT2D eigenvalue weighted by atomic mass is 16.5. The van der Waals surface area contributed by atoms with E-state index >= 15 is 0 Å². The first-order valence-corrected chi connectivity index (χ1v) is 9.12. The lowest BCUT2D eigenvalue weighted by molar-refractivity contribution is -0.117. The zero-order valence-electron chi connectivity index (χ0n) is 15.2. The zero-order valence-corrected chi connectivity index (χ0v) is 15.2. The van der Waals surface area contributed by atoms with Crippen molar-refractivity contribution in [2.24, 2.45) is 5.73 Å². The van der Waals surface area contributed by atoms with Gasteiger partial charge in [0.1, 0.15) is 18.2 Å². The summed E-state index contributed by atoms with van der Waals surface area (Å²) in [6.07, 6.45) is 3.25. The summed E-state index contributed by atoms with van der Waals surface area (Å²) in [5.41, 5.74) is 6.70. The van der Waals surface area contributed by atoms with Crippen molar-refractivity contribution in [3.63, 3.8) is 0 Å². The molecule has 4 rings (SSSR count). The molecule has 0 radical (unpaired) electrons. The maximum atomic E-state index is 12.4. The van der Waals surface area contributed by atoms with Gasteiger partial charge < -0.3 is 20.4 Å². The molecule has 28 heavy (non-hydrogen) atoms. The SMILES string of the molecule is N#CCC1CCC(=O)N1c1cn2c(n1)-c1ccc(NCC(N)=O)cc1OCC2. The normalized spacial score (nSPS) is 17.9. The summed E-state index contributed by atoms with van der Waals surface area (Å²) in [6, 6.07) is 7.52. The second kappa shape index (κ2) is 7.23. The number of carbonyl (C=O) groups excluding carboxylic acids is 2. The van der Waals surface area contributed by atoms with Gasteiger partial charge in [-0.05, 0) is 18.6 Å². The fourth-order valence-corrected chi connectivity index (χ4v) is 3.64. The molecule has 9 nitrogen and oxygen atoms in total. The Morgan fingerprint density at radius 1 is 1.46 bits per heavy atom. The van der Waals surface area contributed by atoms with Crippen molar-refractivity contribution in [1.82, 2.24) is 9.55 Å². The number of carbonyl (C=O) groups is 2. The number of nitrogens with two attached hydrogens (primary N) is 1. The lowest BCUT2D eigenvalue weighted by Gasteiger charge is -2.20. The van der Waals surface area contributed by atoms with Crippen molar-refractivity contribution in [3.05, 3.63) is 24.4 Å². The van der Waals surface area contributed by atoms with E-state index in [4.69, 9.17) is 20.7 Å². The summed E-state index contributed by atoms with van der Waals surface area (Å²) in [5, 5.41) is 12.0. The number of rotatable bonds is 5. The highest BCUT2D eigenvalue weighted by molar-refractivity contribution is 5.95. The molecular weight excluding hydrogens is 360 g/mol. The van der Waals surface area contributed by atoms with Crippen LogP contribution in [0.15, 0.2) is 24.4 Å². The molecule has 2 amide bonds. The van der Waals surface area contributed by atoms with E-state index in [1.807, 2.05) is 29.0 Å². The molecule has 1 aromatic heterocycles. The number of anilines is 2. The Morgan fingerprint density at radius 3 is 3.11 bits per heavy atom. The van der Waals surface area contributed by atoms with Gasteiger partial charge in [0.15, 0.2) is 5.82 Å². The second-order valence-corrected chi connectivity index (χ2v) is 6.81. The largest absolute Gasteiger partial charge is 0.491 e. The van der Waals surface area contributed by atoms with Crippen molar-refractivity contribution < 1.29 is 14.3 Å². The number of amides is 2. The summed E-state index contributed by atoms with van der Waals surface area (Å²) in [6.45, 7) is 1.07. The quantitative estimate of drug-likeness (QED) is 0.804. The van der Waals surface area contributed by atoms with Gasteiger partial charge in [0.25, 0.3) is 0 Å². The molecule has 2 aromatic rings. The standard InChI is InChI=1S/C19H20N6O3/c20-6-5-13-2-4-18(27)25(13)17-11-24-7-8-28-15-9-12(22-10-16(21)26)1-3-14(15)19(24)23-17/h1,3,9,11,13,22H,2,4-5,7-8,10H2,(H2,21,26). The number of hydrogen-bond acceptors (Lipinski definition) is 6. The predicted octanol–water partition coefficient (Wildman–Crippen LogP) is 1.25. The first-order valence-electron chi connectivity index (χ1n) is 9.12. The van der Waals surface area contributed by atoms with E-state index < -0.39 is 5.91 Å². The van der Waals surface area contributed by atoms with Crippen LogP contribution in [0.1, 0.15) is 19.3 Å². The van der Waals surface area contributed by atoms with Crippen LogP contribution in [0.3, 0.4) is 0 Å². The van der Waals surface area contributed by atoms with Crippen molar-refractivity contribution in [2.75, 3.05) is 23.4 Å². The Balaban J connectivity index is 1.67. The van der Waals surface area contributed by atoms with Crippen LogP contribution < -0.4 is 20.7 Å². The molecular formula is C19H20N6O3. The van der Waals surface area contributed by atoms with Crippen LogP contribution in [0.2, 0.25) is 0 Å². The first kappa shape index (κ1) is 17.9. The van der Waals surface area contributed by atoms with Crippen LogP contribution in [0.5, 0.6) is 5.75 Å². The van der Waals surface area contributed by atoms with Crippen molar-refractivity contribution >= 4 is 23.3 Å². The lowest BCUT2D eigenvalue weighted by Crippen LogP contribution is -2.32. The molecule has 3 heterocycles. The van der Waals surface area contributed by atoms with Crippen LogP contribution in [0, 0.1) is 11.3 Å². The molecule has 0 spiro atoms. The molecule has 3 N–H and O–H groups in total. The number of ether oxygens (including phenoxy) is 1. The number of nitrogens with one attached hydrogen (secondary N) is 1. The van der Waals surface area contributed by atoms with E-state index in [0.717, 1.165) is 11.3 Å². The monoisotopic (exact) mass is 380 g/mol. The zero-order chi connectivity index (χ0) is 19.7. The van der Waals surface area contributed by atoms with Crippen molar-refractivity contribution in [2.45, 2.75) is 31.8 Å². The van der Waals surface area contributed by atoms with E-state index in [1.165, 1.54) is 0 Å². The minimum absolute atomic E-state index is 0.00372. The molecule has 1 fully saturated rings. The van der Waals surface area contributed by atoms with Crippen LogP contribution in [-0.2, 0) is 16.1 Å². The summed E-state index contributed by atoms with van der Waals surface area (Å²) < 4.78 is 7.81. The maximum Gasteiger partial charge on any atom is 0.236 e. The molecule has 0 aliphatic carbocycles. The average Bonchev–Trinajstić information content (AvgIpc) is 3.19. The fraction of sp³-hybridized carbons (Fsp3) is 0.368. The fourth-order valence-electron chi connectivity index (χ4n) is 3.64. The Kier molecular flexibility index (Phi) is 4.61. The Morgan fingerprint density at radius 2 is 2.32 bits per heavy atom. The van der Waals surface area contributed by atoms with Crippen LogP contribution in [0.25, 0.3) is 11.4 Å². The minimum Gasteiger partial charge on any atom is -0.491 e. The van der Waals surface area contributed by atoms with E-state index in [2.05, 4.69) is 11.4 Å². The molecule has 0 saturated carbocycles. The van der Waals surface area contributed by atoms with E-state index in [-0.39, 0.29) is 18.5 Å². The number of nitrogens with zero attached hydrogens (tertiary/aromatic N) is 4. The lowest BCUT2D eigenvalue weighted by atomic mass is 10.1. The van der Waals surface area contributed by atoms with Gasteiger partial charge in [-0.25, -0.2) is 4.98 Å². The van der Waals surface area contributed by atoms with E-state index in [9.17, 15) is 9.59 Å². The molecule has 1 saturated heterocycles. The molecule has 2 aliphatic heterocycles. The van der Waals surface area contributed by atoms with Gasteiger partial charge in [0.2, 0.25) is 11.8 Å². The van der Waals surface area contributed by atoms with E-state index in [0.29, 0.717) is 49.8 Å². The van der Waals surface area contributed by atoms with Crippen LogP contribution in [0.4, 0.5) is 11.5 Å². The Labute approximate surface area is 161 Å². The number of hydrogen-bond donors (Lipinski definition) is 2. The van der Waals surface area contributed by atoms with Gasteiger partial charge in [0, 0.05) is 24.4 Å². The van der Waals surface area contributed by atoms with Gasteiger partial charge in [-0.2, -0.15) is 5.26 Å². The highest BCUT2D eigenvalue weighted by Crippen LogP contribution is 2.37. The minimum atomic E-state index is -0.446. The van der Waals surface area contributed by atoms with Crippen LogP contribution >= 0.6 is 0 Å². The van der Waals surface area contributed by atoms with Gasteiger partial charge in [-0.1, -0.05) is 0 Å². The predicted molar refractivity (Wildman–Crippen MR) is 102 cm³/mol. The number of nitriles is 1. The summed E-state index contributed by atoms with van der Waals surface area (Å²) in [7, 11) is 0. The number of imidazole rings is 1.